The summed E-state index contributed by atoms with van der Waals surface area (Å²) >= 11 is 1.86. The van der Waals surface area contributed by atoms with E-state index in [1.807, 2.05) is 16.2 Å². The van der Waals surface area contributed by atoms with Crippen LogP contribution in [0.1, 0.15) is 42.5 Å². The number of thiophene rings is 1. The number of piperidine rings is 1. The smallest absolute Gasteiger partial charge is 0.219 e. The molecule has 0 aliphatic carbocycles. The number of likely N-dealkylation sites (tertiary alicyclic amines) is 1. The van der Waals surface area contributed by atoms with E-state index in [4.69, 9.17) is 0 Å². The van der Waals surface area contributed by atoms with Crippen molar-refractivity contribution in [1.82, 2.24) is 10.2 Å². The quantitative estimate of drug-likeness (QED) is 0.912. The maximum absolute atomic E-state index is 11.3. The largest absolute Gasteiger partial charge is 0.343 e. The van der Waals surface area contributed by atoms with E-state index in [2.05, 4.69) is 31.3 Å². The average Bonchev–Trinajstić information content (AvgIpc) is 2.76. The molecule has 1 aromatic rings. The van der Waals surface area contributed by atoms with E-state index in [0.29, 0.717) is 12.1 Å². The summed E-state index contributed by atoms with van der Waals surface area (Å²) in [7, 11) is 0. The van der Waals surface area contributed by atoms with Crippen molar-refractivity contribution in [3.05, 3.63) is 21.9 Å². The third-order valence-corrected chi connectivity index (χ3v) is 4.80. The predicted molar refractivity (Wildman–Crippen MR) is 75.9 cm³/mol. The Balaban J connectivity index is 1.83. The maximum Gasteiger partial charge on any atom is 0.219 e. The first-order valence-corrected chi connectivity index (χ1v) is 7.46. The molecular weight excluding hydrogens is 244 g/mol. The molecule has 0 spiro atoms. The number of hydrogen-bond acceptors (Lipinski definition) is 3. The molecule has 100 valence electrons. The van der Waals surface area contributed by atoms with Crippen LogP contribution in [0, 0.1) is 6.92 Å². The van der Waals surface area contributed by atoms with Gasteiger partial charge in [0.05, 0.1) is 0 Å². The fourth-order valence-electron chi connectivity index (χ4n) is 2.48. The molecule has 1 aliphatic heterocycles. The normalized spacial score (nSPS) is 18.9. The van der Waals surface area contributed by atoms with E-state index < -0.39 is 0 Å². The number of aryl methyl sites for hydroxylation is 1. The molecular formula is C14H22N2OS. The summed E-state index contributed by atoms with van der Waals surface area (Å²) in [6.45, 7) is 7.81. The van der Waals surface area contributed by atoms with Crippen LogP contribution in [0.5, 0.6) is 0 Å². The first-order valence-electron chi connectivity index (χ1n) is 6.64. The highest BCUT2D eigenvalue weighted by Gasteiger charge is 2.22. The molecule has 2 heterocycles. The van der Waals surface area contributed by atoms with E-state index in [-0.39, 0.29) is 5.91 Å². The maximum atomic E-state index is 11.3. The zero-order valence-corrected chi connectivity index (χ0v) is 12.2. The van der Waals surface area contributed by atoms with Crippen LogP contribution in [0.3, 0.4) is 0 Å². The molecule has 2 rings (SSSR count). The minimum absolute atomic E-state index is 0.204. The number of carbonyl (C=O) groups excluding carboxylic acids is 1. The highest BCUT2D eigenvalue weighted by Crippen LogP contribution is 2.24. The Morgan fingerprint density at radius 1 is 1.44 bits per heavy atom. The fraction of sp³-hybridized carbons (Fsp3) is 0.643. The van der Waals surface area contributed by atoms with Gasteiger partial charge in [-0.1, -0.05) is 0 Å². The predicted octanol–water partition coefficient (Wildman–Crippen LogP) is 2.72. The van der Waals surface area contributed by atoms with Crippen LogP contribution in [-0.2, 0) is 4.79 Å². The zero-order valence-electron chi connectivity index (χ0n) is 11.4. The van der Waals surface area contributed by atoms with Gasteiger partial charge in [-0.05, 0) is 38.8 Å². The van der Waals surface area contributed by atoms with Gasteiger partial charge in [0.15, 0.2) is 0 Å². The molecule has 3 nitrogen and oxygen atoms in total. The van der Waals surface area contributed by atoms with Gasteiger partial charge in [-0.2, -0.15) is 0 Å². The van der Waals surface area contributed by atoms with Crippen molar-refractivity contribution in [1.29, 1.82) is 0 Å². The summed E-state index contributed by atoms with van der Waals surface area (Å²) in [5.41, 5.74) is 0. The number of hydrogen-bond donors (Lipinski definition) is 1. The first kappa shape index (κ1) is 13.6. The van der Waals surface area contributed by atoms with Crippen molar-refractivity contribution in [3.63, 3.8) is 0 Å². The summed E-state index contributed by atoms with van der Waals surface area (Å²) in [6, 6.07) is 5.34. The number of amides is 1. The third kappa shape index (κ3) is 3.33. The molecule has 0 aromatic carbocycles. The molecule has 1 fully saturated rings. The average molecular weight is 266 g/mol. The molecule has 0 saturated carbocycles. The van der Waals surface area contributed by atoms with Gasteiger partial charge in [-0.25, -0.2) is 0 Å². The summed E-state index contributed by atoms with van der Waals surface area (Å²) in [5, 5.41) is 3.68. The van der Waals surface area contributed by atoms with Crippen LogP contribution < -0.4 is 5.32 Å². The number of carbonyl (C=O) groups is 1. The minimum atomic E-state index is 0.204. The van der Waals surface area contributed by atoms with E-state index >= 15 is 0 Å². The lowest BCUT2D eigenvalue weighted by Crippen LogP contribution is -2.44. The lowest BCUT2D eigenvalue weighted by Gasteiger charge is -2.33. The molecule has 0 bridgehead atoms. The summed E-state index contributed by atoms with van der Waals surface area (Å²) in [4.78, 5) is 16.0. The number of nitrogens with zero attached hydrogens (tertiary/aromatic N) is 1. The Hall–Kier alpha value is -0.870. The van der Waals surface area contributed by atoms with Crippen LogP contribution in [-0.4, -0.2) is 29.9 Å². The van der Waals surface area contributed by atoms with Crippen LogP contribution in [0.2, 0.25) is 0 Å². The van der Waals surface area contributed by atoms with Crippen molar-refractivity contribution in [2.75, 3.05) is 13.1 Å². The van der Waals surface area contributed by atoms with Crippen LogP contribution >= 0.6 is 11.3 Å². The second kappa shape index (κ2) is 5.85. The molecule has 1 N–H and O–H groups in total. The summed E-state index contributed by atoms with van der Waals surface area (Å²) in [5.74, 6) is 0.204. The molecule has 0 radical (unpaired) electrons. The molecule has 1 unspecified atom stereocenters. The van der Waals surface area contributed by atoms with Crippen molar-refractivity contribution in [3.8, 4) is 0 Å². The summed E-state index contributed by atoms with van der Waals surface area (Å²) in [6.07, 6.45) is 2.13. The van der Waals surface area contributed by atoms with Crippen LogP contribution in [0.4, 0.5) is 0 Å². The Morgan fingerprint density at radius 2 is 2.11 bits per heavy atom. The van der Waals surface area contributed by atoms with E-state index in [1.165, 1.54) is 9.75 Å². The minimum Gasteiger partial charge on any atom is -0.343 e. The van der Waals surface area contributed by atoms with Crippen LogP contribution in [0.25, 0.3) is 0 Å². The Bertz CT molecular complexity index is 408. The van der Waals surface area contributed by atoms with Crippen molar-refractivity contribution >= 4 is 17.2 Å². The molecule has 1 saturated heterocycles. The first-order chi connectivity index (χ1) is 8.56. The van der Waals surface area contributed by atoms with Gasteiger partial charge in [0, 0.05) is 41.9 Å². The lowest BCUT2D eigenvalue weighted by atomic mass is 10.0. The van der Waals surface area contributed by atoms with Gasteiger partial charge in [-0.15, -0.1) is 11.3 Å². The molecule has 1 atom stereocenters. The van der Waals surface area contributed by atoms with E-state index in [9.17, 15) is 4.79 Å². The fourth-order valence-corrected chi connectivity index (χ4v) is 3.37. The molecule has 1 aromatic heterocycles. The topological polar surface area (TPSA) is 32.3 Å². The second-order valence-electron chi connectivity index (χ2n) is 5.12. The molecule has 1 aliphatic rings. The second-order valence-corrected chi connectivity index (χ2v) is 6.44. The van der Waals surface area contributed by atoms with Gasteiger partial charge in [0.25, 0.3) is 0 Å². The van der Waals surface area contributed by atoms with E-state index in [1.54, 1.807) is 6.92 Å². The monoisotopic (exact) mass is 266 g/mol. The molecule has 18 heavy (non-hydrogen) atoms. The SMILES string of the molecule is CC(=O)N1CCC(NC(C)c2ccc(C)s2)CC1. The van der Waals surface area contributed by atoms with Gasteiger partial charge < -0.3 is 10.2 Å². The highest BCUT2D eigenvalue weighted by atomic mass is 32.1. The van der Waals surface area contributed by atoms with E-state index in [0.717, 1.165) is 25.9 Å². The molecule has 1 amide bonds. The van der Waals surface area contributed by atoms with Gasteiger partial charge in [-0.3, -0.25) is 4.79 Å². The van der Waals surface area contributed by atoms with Gasteiger partial charge >= 0.3 is 0 Å². The van der Waals surface area contributed by atoms with Crippen molar-refractivity contribution < 1.29 is 4.79 Å². The standard InChI is InChI=1S/C14H22N2OS/c1-10-4-5-14(18-10)11(2)15-13-6-8-16(9-7-13)12(3)17/h4-5,11,13,15H,6-9H2,1-3H3. The Morgan fingerprint density at radius 3 is 2.61 bits per heavy atom. The lowest BCUT2D eigenvalue weighted by molar-refractivity contribution is -0.129. The number of nitrogens with one attached hydrogen (secondary N) is 1. The Kier molecular flexibility index (Phi) is 4.40. The third-order valence-electron chi connectivity index (χ3n) is 3.61. The Labute approximate surface area is 113 Å². The van der Waals surface area contributed by atoms with Crippen LogP contribution in [0.15, 0.2) is 12.1 Å². The summed E-state index contributed by atoms with van der Waals surface area (Å²) < 4.78 is 0. The van der Waals surface area contributed by atoms with Gasteiger partial charge in [0.1, 0.15) is 0 Å². The van der Waals surface area contributed by atoms with Crippen molar-refractivity contribution in [2.24, 2.45) is 0 Å². The zero-order chi connectivity index (χ0) is 13.1. The highest BCUT2D eigenvalue weighted by molar-refractivity contribution is 7.12. The van der Waals surface area contributed by atoms with Crippen molar-refractivity contribution in [2.45, 2.75) is 45.7 Å². The molecule has 4 heteroatoms. The van der Waals surface area contributed by atoms with Gasteiger partial charge in [0.2, 0.25) is 5.91 Å². The number of rotatable bonds is 3.